The normalized spacial score (nSPS) is 14.1. The molecule has 2 aromatic carbocycles. The molecule has 1 aliphatic rings. The molecule has 1 saturated heterocycles. The Morgan fingerprint density at radius 3 is 2.55 bits per heavy atom. The first-order valence-corrected chi connectivity index (χ1v) is 9.69. The van der Waals surface area contributed by atoms with Crippen molar-refractivity contribution in [2.75, 3.05) is 43.6 Å². The van der Waals surface area contributed by atoms with Gasteiger partial charge in [-0.1, -0.05) is 23.7 Å². The first kappa shape index (κ1) is 19.4. The molecule has 1 aliphatic heterocycles. The molecule has 2 heterocycles. The second kappa shape index (κ2) is 8.23. The van der Waals surface area contributed by atoms with Crippen LogP contribution in [0.15, 0.2) is 36.4 Å². The monoisotopic (exact) mass is 412 g/mol. The summed E-state index contributed by atoms with van der Waals surface area (Å²) in [4.78, 5) is 24.6. The van der Waals surface area contributed by atoms with Crippen LogP contribution in [0.5, 0.6) is 5.75 Å². The van der Waals surface area contributed by atoms with Crippen LogP contribution >= 0.6 is 11.6 Å². The maximum atomic E-state index is 13.2. The number of ether oxygens (including phenoxy) is 2. The summed E-state index contributed by atoms with van der Waals surface area (Å²) in [7, 11) is 1.53. The van der Waals surface area contributed by atoms with Gasteiger partial charge in [-0.3, -0.25) is 4.79 Å². The minimum atomic E-state index is -0.357. The zero-order valence-corrected chi connectivity index (χ0v) is 17.0. The lowest BCUT2D eigenvalue weighted by Crippen LogP contribution is -2.38. The van der Waals surface area contributed by atoms with Crippen LogP contribution in [0, 0.1) is 6.92 Å². The summed E-state index contributed by atoms with van der Waals surface area (Å²) in [5.74, 6) is 0.676. The lowest BCUT2D eigenvalue weighted by atomic mass is 10.2. The Bertz CT molecular complexity index is 1070. The highest BCUT2D eigenvalue weighted by atomic mass is 35.5. The highest BCUT2D eigenvalue weighted by Crippen LogP contribution is 2.32. The second-order valence-corrected chi connectivity index (χ2v) is 7.15. The van der Waals surface area contributed by atoms with Gasteiger partial charge in [-0.15, -0.1) is 0 Å². The summed E-state index contributed by atoms with van der Waals surface area (Å²) >= 11 is 6.18. The number of morpholine rings is 1. The Morgan fingerprint density at radius 2 is 1.86 bits per heavy atom. The van der Waals surface area contributed by atoms with E-state index in [4.69, 9.17) is 26.1 Å². The number of carbonyl (C=O) groups is 1. The Labute approximate surface area is 173 Å². The number of amides is 1. The van der Waals surface area contributed by atoms with E-state index in [1.165, 1.54) is 7.11 Å². The Morgan fingerprint density at radius 1 is 1.17 bits per heavy atom. The molecule has 0 saturated carbocycles. The van der Waals surface area contributed by atoms with E-state index >= 15 is 0 Å². The number of methoxy groups -OCH3 is 1. The molecule has 29 heavy (non-hydrogen) atoms. The molecule has 0 radical (unpaired) electrons. The van der Waals surface area contributed by atoms with E-state index in [1.807, 2.05) is 36.1 Å². The van der Waals surface area contributed by atoms with Crippen LogP contribution in [-0.2, 0) is 4.74 Å². The largest absolute Gasteiger partial charge is 0.495 e. The lowest BCUT2D eigenvalue weighted by molar-refractivity contribution is 0.101. The number of carbonyl (C=O) groups excluding carboxylic acids is 1. The molecule has 4 rings (SSSR count). The number of nitrogens with zero attached hydrogens (tertiary/aromatic N) is 3. The van der Waals surface area contributed by atoms with Crippen molar-refractivity contribution >= 4 is 40.0 Å². The van der Waals surface area contributed by atoms with Crippen molar-refractivity contribution in [3.63, 3.8) is 0 Å². The molecular formula is C21H21ClN4O3. The molecule has 0 unspecified atom stereocenters. The number of nitrogens with one attached hydrogen (secondary N) is 1. The Kier molecular flexibility index (Phi) is 5.51. The minimum Gasteiger partial charge on any atom is -0.495 e. The third kappa shape index (κ3) is 3.97. The van der Waals surface area contributed by atoms with E-state index in [2.05, 4.69) is 10.3 Å². The third-order valence-electron chi connectivity index (χ3n) is 4.81. The fourth-order valence-corrected chi connectivity index (χ4v) is 3.40. The average molecular weight is 413 g/mol. The van der Waals surface area contributed by atoms with Crippen molar-refractivity contribution in [1.29, 1.82) is 0 Å². The zero-order chi connectivity index (χ0) is 20.4. The van der Waals surface area contributed by atoms with Gasteiger partial charge in [0.1, 0.15) is 5.75 Å². The summed E-state index contributed by atoms with van der Waals surface area (Å²) < 4.78 is 10.8. The summed E-state index contributed by atoms with van der Waals surface area (Å²) in [5.41, 5.74) is 3.03. The Balaban J connectivity index is 1.76. The quantitative estimate of drug-likeness (QED) is 0.704. The molecule has 7 nitrogen and oxygen atoms in total. The number of fused-ring (bicyclic) bond motifs is 1. The van der Waals surface area contributed by atoms with E-state index in [1.54, 1.807) is 12.1 Å². The fourth-order valence-electron chi connectivity index (χ4n) is 3.25. The number of aryl methyl sites for hydroxylation is 1. The van der Waals surface area contributed by atoms with Crippen molar-refractivity contribution in [1.82, 2.24) is 9.97 Å². The van der Waals surface area contributed by atoms with Gasteiger partial charge in [0.15, 0.2) is 11.5 Å². The maximum Gasteiger partial charge on any atom is 0.278 e. The van der Waals surface area contributed by atoms with Crippen LogP contribution in [0.2, 0.25) is 5.02 Å². The highest BCUT2D eigenvalue weighted by molar-refractivity contribution is 6.31. The highest BCUT2D eigenvalue weighted by Gasteiger charge is 2.24. The van der Waals surface area contributed by atoms with Gasteiger partial charge < -0.3 is 19.7 Å². The third-order valence-corrected chi connectivity index (χ3v) is 5.21. The number of para-hydroxylation sites is 2. The van der Waals surface area contributed by atoms with Crippen molar-refractivity contribution in [2.24, 2.45) is 0 Å². The first-order chi connectivity index (χ1) is 14.1. The van der Waals surface area contributed by atoms with E-state index < -0.39 is 0 Å². The summed E-state index contributed by atoms with van der Waals surface area (Å²) in [6.07, 6.45) is 0. The van der Waals surface area contributed by atoms with Crippen LogP contribution in [-0.4, -0.2) is 49.3 Å². The van der Waals surface area contributed by atoms with E-state index in [0.717, 1.165) is 11.1 Å². The van der Waals surface area contributed by atoms with Crippen molar-refractivity contribution in [3.05, 3.63) is 52.7 Å². The van der Waals surface area contributed by atoms with Crippen molar-refractivity contribution < 1.29 is 14.3 Å². The molecule has 150 valence electrons. The summed E-state index contributed by atoms with van der Waals surface area (Å²) in [6.45, 7) is 4.33. The number of aromatic nitrogens is 2. The number of benzene rings is 2. The fraction of sp³-hybridized carbons (Fsp3) is 0.286. The molecule has 1 aromatic heterocycles. The number of rotatable bonds is 4. The molecule has 3 aromatic rings. The van der Waals surface area contributed by atoms with Crippen molar-refractivity contribution in [2.45, 2.75) is 6.92 Å². The molecule has 0 aliphatic carbocycles. The second-order valence-electron chi connectivity index (χ2n) is 6.74. The maximum absolute atomic E-state index is 13.2. The van der Waals surface area contributed by atoms with Crippen LogP contribution in [0.1, 0.15) is 16.1 Å². The average Bonchev–Trinajstić information content (AvgIpc) is 2.75. The van der Waals surface area contributed by atoms with Gasteiger partial charge in [0, 0.05) is 24.2 Å². The number of halogens is 1. The molecule has 8 heteroatoms. The number of anilines is 2. The van der Waals surface area contributed by atoms with Crippen LogP contribution in [0.3, 0.4) is 0 Å². The number of hydrogen-bond donors (Lipinski definition) is 1. The van der Waals surface area contributed by atoms with E-state index in [-0.39, 0.29) is 11.6 Å². The zero-order valence-electron chi connectivity index (χ0n) is 16.2. The summed E-state index contributed by atoms with van der Waals surface area (Å²) in [5, 5.41) is 3.48. The molecule has 0 atom stereocenters. The Hall–Kier alpha value is -2.90. The van der Waals surface area contributed by atoms with Gasteiger partial charge in [0.25, 0.3) is 5.91 Å². The molecule has 0 bridgehead atoms. The SMILES string of the molecule is COc1cc(Cl)c(C)cc1NC(=O)c1nc2ccccc2nc1N1CCOCC1. The standard InChI is InChI=1S/C21H21ClN4O3/c1-13-11-17(18(28-2)12-14(13)22)25-21(27)19-20(26-7-9-29-10-8-26)24-16-6-4-3-5-15(16)23-19/h3-6,11-12H,7-10H2,1-2H3,(H,25,27). The first-order valence-electron chi connectivity index (χ1n) is 9.32. The van der Waals surface area contributed by atoms with Crippen molar-refractivity contribution in [3.8, 4) is 5.75 Å². The molecular weight excluding hydrogens is 392 g/mol. The van der Waals surface area contributed by atoms with Crippen LogP contribution < -0.4 is 15.0 Å². The number of hydrogen-bond acceptors (Lipinski definition) is 6. The molecule has 1 N–H and O–H groups in total. The van der Waals surface area contributed by atoms with Gasteiger partial charge in [0.2, 0.25) is 0 Å². The van der Waals surface area contributed by atoms with Gasteiger partial charge in [-0.2, -0.15) is 0 Å². The predicted molar refractivity (Wildman–Crippen MR) is 113 cm³/mol. The molecule has 1 amide bonds. The van der Waals surface area contributed by atoms with Gasteiger partial charge in [-0.05, 0) is 30.7 Å². The predicted octanol–water partition coefficient (Wildman–Crippen LogP) is 3.69. The van der Waals surface area contributed by atoms with Gasteiger partial charge in [0.05, 0.1) is 37.0 Å². The molecule has 0 spiro atoms. The van der Waals surface area contributed by atoms with E-state index in [9.17, 15) is 4.79 Å². The summed E-state index contributed by atoms with van der Waals surface area (Å²) in [6, 6.07) is 11.0. The smallest absolute Gasteiger partial charge is 0.278 e. The van der Waals surface area contributed by atoms with Crippen LogP contribution in [0.4, 0.5) is 11.5 Å². The van der Waals surface area contributed by atoms with Crippen LogP contribution in [0.25, 0.3) is 11.0 Å². The van der Waals surface area contributed by atoms with Gasteiger partial charge in [-0.25, -0.2) is 9.97 Å². The van der Waals surface area contributed by atoms with E-state index in [0.29, 0.717) is 54.1 Å². The molecule has 1 fully saturated rings. The topological polar surface area (TPSA) is 76.6 Å². The minimum absolute atomic E-state index is 0.264. The lowest BCUT2D eigenvalue weighted by Gasteiger charge is -2.29. The van der Waals surface area contributed by atoms with Gasteiger partial charge >= 0.3 is 0 Å².